The van der Waals surface area contributed by atoms with Crippen LogP contribution in [0.4, 0.5) is 8.78 Å². The van der Waals surface area contributed by atoms with Crippen LogP contribution in [0.15, 0.2) is 46.2 Å². The molecule has 0 radical (unpaired) electrons. The van der Waals surface area contributed by atoms with Crippen molar-refractivity contribution in [2.75, 3.05) is 14.2 Å². The Labute approximate surface area is 150 Å². The minimum atomic E-state index is -2.90. The number of aliphatic imine (C=N–C) groups is 2. The summed E-state index contributed by atoms with van der Waals surface area (Å²) in [6, 6.07) is 1.63. The Kier molecular flexibility index (Phi) is 5.52. The number of amidine groups is 1. The van der Waals surface area contributed by atoms with Crippen molar-refractivity contribution in [2.45, 2.75) is 18.5 Å². The molecule has 2 atom stereocenters. The Balaban J connectivity index is 1.79. The first-order chi connectivity index (χ1) is 12.5. The van der Waals surface area contributed by atoms with Crippen molar-refractivity contribution in [3.63, 3.8) is 0 Å². The zero-order chi connectivity index (χ0) is 18.7. The summed E-state index contributed by atoms with van der Waals surface area (Å²) in [6.45, 7) is -2.90. The number of hydrogen-bond donors (Lipinski definition) is 0. The average molecular weight is 383 g/mol. The van der Waals surface area contributed by atoms with Gasteiger partial charge in [-0.05, 0) is 18.2 Å². The highest BCUT2D eigenvalue weighted by atomic mass is 32.2. The van der Waals surface area contributed by atoms with Gasteiger partial charge in [-0.25, -0.2) is 9.98 Å². The van der Waals surface area contributed by atoms with E-state index in [2.05, 4.69) is 19.7 Å². The second kappa shape index (κ2) is 7.83. The van der Waals surface area contributed by atoms with Crippen molar-refractivity contribution < 1.29 is 27.2 Å². The summed E-state index contributed by atoms with van der Waals surface area (Å²) < 4.78 is 52.1. The van der Waals surface area contributed by atoms with Crippen molar-refractivity contribution in [2.24, 2.45) is 9.98 Å². The van der Waals surface area contributed by atoms with Crippen molar-refractivity contribution in [1.82, 2.24) is 4.98 Å². The van der Waals surface area contributed by atoms with Gasteiger partial charge in [-0.15, -0.1) is 0 Å². The van der Waals surface area contributed by atoms with Crippen molar-refractivity contribution in [3.8, 4) is 11.5 Å². The number of fused-ring (bicyclic) bond motifs is 1. The average Bonchev–Trinajstić information content (AvgIpc) is 3.04. The monoisotopic (exact) mass is 383 g/mol. The van der Waals surface area contributed by atoms with Crippen LogP contribution in [0.25, 0.3) is 0 Å². The maximum absolute atomic E-state index is 12.6. The molecule has 10 heteroatoms. The lowest BCUT2D eigenvalue weighted by Crippen LogP contribution is -2.16. The van der Waals surface area contributed by atoms with Crippen LogP contribution in [0.3, 0.4) is 0 Å². The number of rotatable bonds is 6. The molecule has 1 aromatic heterocycles. The van der Waals surface area contributed by atoms with Crippen LogP contribution in [0, 0.1) is 0 Å². The third-order valence-electron chi connectivity index (χ3n) is 3.56. The molecule has 26 heavy (non-hydrogen) atoms. The Bertz CT molecular complexity index is 852. The van der Waals surface area contributed by atoms with Gasteiger partial charge >= 0.3 is 6.61 Å². The molecule has 0 N–H and O–H groups in total. The van der Waals surface area contributed by atoms with Crippen molar-refractivity contribution in [1.29, 1.82) is 0 Å². The standard InChI is InChI=1S/C16H15F2N3O4S/c1-23-13-5-6-19-12(14(13)24-2)8-26(22)16-20-10-4-3-9(25-15(17)18)7-11(10)21-16/h3-7,9,15H,8H2,1-2H3. The number of halogens is 2. The Morgan fingerprint density at radius 3 is 2.77 bits per heavy atom. The van der Waals surface area contributed by atoms with Crippen LogP contribution in [-0.2, 0) is 21.3 Å². The summed E-state index contributed by atoms with van der Waals surface area (Å²) in [7, 11) is 1.35. The number of nitrogens with zero attached hydrogens (tertiary/aromatic N) is 3. The van der Waals surface area contributed by atoms with Gasteiger partial charge in [0.2, 0.25) is 5.17 Å². The fourth-order valence-corrected chi connectivity index (χ4v) is 3.42. The van der Waals surface area contributed by atoms with Crippen molar-refractivity contribution in [3.05, 3.63) is 41.9 Å². The van der Waals surface area contributed by atoms with Gasteiger partial charge in [-0.1, -0.05) is 0 Å². The molecule has 7 nitrogen and oxygen atoms in total. The Hall–Kier alpha value is -2.46. The normalized spacial score (nSPS) is 19.6. The van der Waals surface area contributed by atoms with E-state index in [1.54, 1.807) is 6.07 Å². The number of allylic oxidation sites excluding steroid dienone is 1. The van der Waals surface area contributed by atoms with Gasteiger partial charge in [0.15, 0.2) is 11.5 Å². The molecule has 2 heterocycles. The van der Waals surface area contributed by atoms with E-state index >= 15 is 0 Å². The molecule has 0 bridgehead atoms. The molecule has 1 aliphatic carbocycles. The first-order valence-electron chi connectivity index (χ1n) is 7.47. The molecule has 0 fully saturated rings. The predicted octanol–water partition coefficient (Wildman–Crippen LogP) is 2.22. The molecule has 2 unspecified atom stereocenters. The van der Waals surface area contributed by atoms with Crippen LogP contribution < -0.4 is 9.47 Å². The number of hydrogen-bond acceptors (Lipinski definition) is 7. The zero-order valence-corrected chi connectivity index (χ0v) is 14.7. The lowest BCUT2D eigenvalue weighted by molar-refractivity contribution is -0.138. The van der Waals surface area contributed by atoms with E-state index < -0.39 is 23.5 Å². The number of alkyl halides is 2. The largest absolute Gasteiger partial charge is 0.493 e. The first kappa shape index (κ1) is 18.3. The van der Waals surface area contributed by atoms with Crippen LogP contribution in [0.5, 0.6) is 11.5 Å². The molecule has 1 aliphatic heterocycles. The molecule has 0 aromatic carbocycles. The second-order valence-corrected chi connectivity index (χ2v) is 6.49. The van der Waals surface area contributed by atoms with Crippen LogP contribution in [0.1, 0.15) is 5.69 Å². The van der Waals surface area contributed by atoms with E-state index in [1.807, 2.05) is 0 Å². The molecule has 0 amide bonds. The molecular weight excluding hydrogens is 368 g/mol. The Morgan fingerprint density at radius 1 is 1.27 bits per heavy atom. The number of methoxy groups -OCH3 is 2. The lowest BCUT2D eigenvalue weighted by atomic mass is 10.1. The van der Waals surface area contributed by atoms with Gasteiger partial charge in [-0.3, -0.25) is 9.19 Å². The molecule has 0 spiro atoms. The second-order valence-electron chi connectivity index (χ2n) is 5.15. The van der Waals surface area contributed by atoms with E-state index in [0.29, 0.717) is 28.6 Å². The fraction of sp³-hybridized carbons (Fsp3) is 0.312. The molecule has 2 aliphatic rings. The quantitative estimate of drug-likeness (QED) is 0.752. The summed E-state index contributed by atoms with van der Waals surface area (Å²) >= 11 is 0. The maximum atomic E-state index is 12.6. The van der Waals surface area contributed by atoms with E-state index in [0.717, 1.165) is 0 Å². The van der Waals surface area contributed by atoms with E-state index in [4.69, 9.17) is 9.47 Å². The van der Waals surface area contributed by atoms with Gasteiger partial charge in [0.1, 0.15) is 6.10 Å². The lowest BCUT2D eigenvalue weighted by Gasteiger charge is -2.12. The minimum absolute atomic E-state index is 0.0178. The summed E-state index contributed by atoms with van der Waals surface area (Å²) in [5, 5.41) is 0.0836. The summed E-state index contributed by atoms with van der Waals surface area (Å²) in [4.78, 5) is 12.5. The van der Waals surface area contributed by atoms with Crippen LogP contribution >= 0.6 is 0 Å². The molecule has 1 aromatic rings. The Morgan fingerprint density at radius 2 is 2.08 bits per heavy atom. The van der Waals surface area contributed by atoms with Gasteiger partial charge in [0.25, 0.3) is 0 Å². The number of ether oxygens (including phenoxy) is 3. The SMILES string of the molecule is COc1ccnc(CS(=O)C2=NC3=CC(OC(F)F)C=CC3=N2)c1OC. The van der Waals surface area contributed by atoms with Crippen LogP contribution in [0.2, 0.25) is 0 Å². The third-order valence-corrected chi connectivity index (χ3v) is 4.68. The summed E-state index contributed by atoms with van der Waals surface area (Å²) in [5.41, 5.74) is 1.24. The summed E-state index contributed by atoms with van der Waals surface area (Å²) in [6.07, 6.45) is 4.97. The van der Waals surface area contributed by atoms with Gasteiger partial charge < -0.3 is 14.2 Å². The first-order valence-corrected chi connectivity index (χ1v) is 8.79. The van der Waals surface area contributed by atoms with E-state index in [1.165, 1.54) is 38.6 Å². The highest BCUT2D eigenvalue weighted by molar-refractivity contribution is 7.99. The molecule has 0 saturated heterocycles. The predicted molar refractivity (Wildman–Crippen MR) is 92.2 cm³/mol. The van der Waals surface area contributed by atoms with Crippen molar-refractivity contribution >= 4 is 21.7 Å². The third kappa shape index (κ3) is 3.86. The van der Waals surface area contributed by atoms with Gasteiger partial charge in [0, 0.05) is 12.3 Å². The molecule has 0 saturated carbocycles. The molecule has 138 valence electrons. The minimum Gasteiger partial charge on any atom is -0.493 e. The summed E-state index contributed by atoms with van der Waals surface area (Å²) in [5.74, 6) is 0.876. The highest BCUT2D eigenvalue weighted by Gasteiger charge is 2.25. The zero-order valence-electron chi connectivity index (χ0n) is 13.9. The van der Waals surface area contributed by atoms with Gasteiger partial charge in [0.05, 0.1) is 47.9 Å². The number of aromatic nitrogens is 1. The highest BCUT2D eigenvalue weighted by Crippen LogP contribution is 2.30. The van der Waals surface area contributed by atoms with Crippen LogP contribution in [-0.4, -0.2) is 47.0 Å². The topological polar surface area (TPSA) is 82.4 Å². The van der Waals surface area contributed by atoms with E-state index in [9.17, 15) is 13.0 Å². The maximum Gasteiger partial charge on any atom is 0.346 e. The van der Waals surface area contributed by atoms with Gasteiger partial charge in [-0.2, -0.15) is 8.78 Å². The fourth-order valence-electron chi connectivity index (χ4n) is 2.44. The molecule has 3 rings (SSSR count). The molecular formula is C16H15F2N3O4S. The number of pyridine rings is 1. The smallest absolute Gasteiger partial charge is 0.346 e. The van der Waals surface area contributed by atoms with E-state index in [-0.39, 0.29) is 10.9 Å².